The van der Waals surface area contributed by atoms with E-state index in [1.807, 2.05) is 18.9 Å². The molecule has 2 N–H and O–H groups in total. The standard InChI is InChI=1S/C31H39N3O2/c1-20(35)25-19-34-17-16-24-29-23(21-10-5-3-6-11-21)14-9-15-26(29)32-30(24)28(34)18-27(25)33(2)31(36)22-12-7-4-8-13-22/h3,5-6,9-11,14-15,20,22,25,27-28,32,35H,4,7-8,12-13,16-19H2,1-2H3/t20-,25-,27-,28-/m0/s1. The molecule has 0 bridgehead atoms. The molecule has 36 heavy (non-hydrogen) atoms. The van der Waals surface area contributed by atoms with Gasteiger partial charge >= 0.3 is 0 Å². The average molecular weight is 486 g/mol. The van der Waals surface area contributed by atoms with Gasteiger partial charge in [-0.2, -0.15) is 0 Å². The van der Waals surface area contributed by atoms with Crippen LogP contribution >= 0.6 is 0 Å². The zero-order chi connectivity index (χ0) is 24.8. The molecule has 1 aromatic heterocycles. The van der Waals surface area contributed by atoms with E-state index in [-0.39, 0.29) is 29.8 Å². The number of H-pyrrole nitrogens is 1. The number of amides is 1. The fraction of sp³-hybridized carbons (Fsp3) is 0.516. The molecule has 1 amide bonds. The van der Waals surface area contributed by atoms with Gasteiger partial charge in [-0.1, -0.05) is 61.7 Å². The summed E-state index contributed by atoms with van der Waals surface area (Å²) in [6.45, 7) is 3.72. The van der Waals surface area contributed by atoms with Crippen LogP contribution in [-0.2, 0) is 11.2 Å². The number of benzene rings is 2. The van der Waals surface area contributed by atoms with Crippen molar-refractivity contribution < 1.29 is 9.90 Å². The molecule has 3 aliphatic rings. The quantitative estimate of drug-likeness (QED) is 0.510. The highest BCUT2D eigenvalue weighted by atomic mass is 16.3. The Morgan fingerprint density at radius 2 is 1.86 bits per heavy atom. The van der Waals surface area contributed by atoms with Crippen molar-refractivity contribution in [3.63, 3.8) is 0 Å². The molecule has 1 saturated heterocycles. The highest BCUT2D eigenvalue weighted by molar-refractivity contribution is 5.98. The Balaban J connectivity index is 1.36. The molecule has 2 aliphatic heterocycles. The van der Waals surface area contributed by atoms with E-state index in [0.29, 0.717) is 0 Å². The van der Waals surface area contributed by atoms with Gasteiger partial charge in [0.15, 0.2) is 0 Å². The van der Waals surface area contributed by atoms with Crippen molar-refractivity contribution in [1.82, 2.24) is 14.8 Å². The molecule has 0 radical (unpaired) electrons. The molecule has 0 unspecified atom stereocenters. The van der Waals surface area contributed by atoms with Crippen LogP contribution in [-0.4, -0.2) is 58.1 Å². The van der Waals surface area contributed by atoms with Gasteiger partial charge in [0.25, 0.3) is 0 Å². The molecule has 190 valence electrons. The van der Waals surface area contributed by atoms with Crippen molar-refractivity contribution in [2.75, 3.05) is 20.1 Å². The van der Waals surface area contributed by atoms with Gasteiger partial charge in [-0.15, -0.1) is 0 Å². The summed E-state index contributed by atoms with van der Waals surface area (Å²) in [6, 6.07) is 17.5. The van der Waals surface area contributed by atoms with Gasteiger partial charge in [0.05, 0.1) is 12.1 Å². The number of carbonyl (C=O) groups is 1. The molecule has 3 aromatic rings. The molecular weight excluding hydrogens is 446 g/mol. The molecule has 0 spiro atoms. The highest BCUT2D eigenvalue weighted by Gasteiger charge is 2.45. The predicted molar refractivity (Wildman–Crippen MR) is 145 cm³/mol. The summed E-state index contributed by atoms with van der Waals surface area (Å²) in [7, 11) is 2.00. The Bertz CT molecular complexity index is 1230. The molecule has 1 aliphatic carbocycles. The zero-order valence-electron chi connectivity index (χ0n) is 21.6. The lowest BCUT2D eigenvalue weighted by Gasteiger charge is -2.50. The number of fused-ring (bicyclic) bond motifs is 5. The van der Waals surface area contributed by atoms with E-state index in [1.54, 1.807) is 0 Å². The minimum absolute atomic E-state index is 0.0478. The first-order chi connectivity index (χ1) is 17.5. The molecule has 5 heteroatoms. The van der Waals surface area contributed by atoms with E-state index in [2.05, 4.69) is 58.4 Å². The van der Waals surface area contributed by atoms with Crippen LogP contribution < -0.4 is 0 Å². The summed E-state index contributed by atoms with van der Waals surface area (Å²) in [4.78, 5) is 21.9. The van der Waals surface area contributed by atoms with Gasteiger partial charge in [-0.3, -0.25) is 9.69 Å². The molecule has 3 heterocycles. The van der Waals surface area contributed by atoms with Crippen molar-refractivity contribution in [2.45, 2.75) is 70.1 Å². The van der Waals surface area contributed by atoms with Crippen molar-refractivity contribution in [3.8, 4) is 11.1 Å². The van der Waals surface area contributed by atoms with E-state index < -0.39 is 6.10 Å². The van der Waals surface area contributed by atoms with Crippen LogP contribution in [0.25, 0.3) is 22.0 Å². The summed E-state index contributed by atoms with van der Waals surface area (Å²) >= 11 is 0. The van der Waals surface area contributed by atoms with Crippen molar-refractivity contribution in [3.05, 3.63) is 59.8 Å². The van der Waals surface area contributed by atoms with E-state index >= 15 is 0 Å². The van der Waals surface area contributed by atoms with Crippen LogP contribution in [0, 0.1) is 11.8 Å². The summed E-state index contributed by atoms with van der Waals surface area (Å²) < 4.78 is 0. The first-order valence-corrected chi connectivity index (χ1v) is 13.9. The van der Waals surface area contributed by atoms with Crippen LogP contribution in [0.15, 0.2) is 48.5 Å². The SMILES string of the molecule is C[C@H](O)[C@@H]1CN2CCc3c([nH]c4cccc(-c5ccccc5)c34)[C@@H]2C[C@@H]1N(C)C(=O)C1CCCCC1. The maximum absolute atomic E-state index is 13.5. The third kappa shape index (κ3) is 4.06. The Hall–Kier alpha value is -2.63. The number of aliphatic hydroxyl groups excluding tert-OH is 1. The van der Waals surface area contributed by atoms with Gasteiger partial charge in [0.2, 0.25) is 5.91 Å². The molecule has 1 saturated carbocycles. The molecule has 2 aromatic carbocycles. The number of nitrogens with zero attached hydrogens (tertiary/aromatic N) is 2. The highest BCUT2D eigenvalue weighted by Crippen LogP contribution is 2.45. The molecule has 4 atom stereocenters. The number of piperidine rings is 1. The van der Waals surface area contributed by atoms with Crippen LogP contribution in [0.3, 0.4) is 0 Å². The number of aromatic nitrogens is 1. The zero-order valence-corrected chi connectivity index (χ0v) is 21.6. The first kappa shape index (κ1) is 23.7. The average Bonchev–Trinajstić information content (AvgIpc) is 3.32. The van der Waals surface area contributed by atoms with Crippen molar-refractivity contribution in [2.24, 2.45) is 11.8 Å². The summed E-state index contributed by atoms with van der Waals surface area (Å²) in [5.41, 5.74) is 6.48. The van der Waals surface area contributed by atoms with Crippen LogP contribution in [0.5, 0.6) is 0 Å². The molecule has 5 nitrogen and oxygen atoms in total. The summed E-state index contributed by atoms with van der Waals surface area (Å²) in [5.74, 6) is 0.516. The summed E-state index contributed by atoms with van der Waals surface area (Å²) in [6.07, 6.45) is 7.03. The van der Waals surface area contributed by atoms with Crippen molar-refractivity contribution in [1.29, 1.82) is 0 Å². The smallest absolute Gasteiger partial charge is 0.225 e. The maximum Gasteiger partial charge on any atom is 0.225 e. The van der Waals surface area contributed by atoms with Gasteiger partial charge in [0, 0.05) is 54.6 Å². The van der Waals surface area contributed by atoms with E-state index in [0.717, 1.165) is 51.6 Å². The van der Waals surface area contributed by atoms with Gasteiger partial charge in [0.1, 0.15) is 0 Å². The Labute approximate surface area is 214 Å². The minimum atomic E-state index is -0.439. The van der Waals surface area contributed by atoms with Crippen LogP contribution in [0.2, 0.25) is 0 Å². The minimum Gasteiger partial charge on any atom is -0.393 e. The number of aliphatic hydroxyl groups is 1. The van der Waals surface area contributed by atoms with Crippen LogP contribution in [0.1, 0.15) is 62.7 Å². The molecular formula is C31H39N3O2. The number of hydrogen-bond acceptors (Lipinski definition) is 3. The lowest BCUT2D eigenvalue weighted by atomic mass is 9.79. The Kier molecular flexibility index (Phi) is 6.38. The number of nitrogens with one attached hydrogen (secondary N) is 1. The fourth-order valence-corrected chi connectivity index (χ4v) is 7.33. The van der Waals surface area contributed by atoms with Crippen LogP contribution in [0.4, 0.5) is 0 Å². The van der Waals surface area contributed by atoms with Gasteiger partial charge < -0.3 is 15.0 Å². The molecule has 2 fully saturated rings. The monoisotopic (exact) mass is 485 g/mol. The second kappa shape index (κ2) is 9.68. The van der Waals surface area contributed by atoms with Gasteiger partial charge in [-0.05, 0) is 55.4 Å². The van der Waals surface area contributed by atoms with E-state index in [4.69, 9.17) is 0 Å². The Morgan fingerprint density at radius 1 is 1.08 bits per heavy atom. The van der Waals surface area contributed by atoms with E-state index in [9.17, 15) is 9.90 Å². The number of hydrogen-bond donors (Lipinski definition) is 2. The topological polar surface area (TPSA) is 59.6 Å². The largest absolute Gasteiger partial charge is 0.393 e. The lowest BCUT2D eigenvalue weighted by molar-refractivity contribution is -0.142. The Morgan fingerprint density at radius 3 is 2.61 bits per heavy atom. The number of rotatable bonds is 4. The fourth-order valence-electron chi connectivity index (χ4n) is 7.33. The molecule has 6 rings (SSSR count). The number of aromatic amines is 1. The first-order valence-electron chi connectivity index (χ1n) is 13.9. The predicted octanol–water partition coefficient (Wildman–Crippen LogP) is 5.54. The maximum atomic E-state index is 13.5. The third-order valence-electron chi connectivity index (χ3n) is 9.29. The van der Waals surface area contributed by atoms with E-state index in [1.165, 1.54) is 39.7 Å². The second-order valence-electron chi connectivity index (χ2n) is 11.4. The summed E-state index contributed by atoms with van der Waals surface area (Å²) in [5, 5.41) is 12.1. The van der Waals surface area contributed by atoms with Gasteiger partial charge in [-0.25, -0.2) is 0 Å². The van der Waals surface area contributed by atoms with Crippen molar-refractivity contribution >= 4 is 16.8 Å². The number of carbonyl (C=O) groups excluding carboxylic acids is 1. The third-order valence-corrected chi connectivity index (χ3v) is 9.29. The normalized spacial score (nSPS) is 25.8. The lowest BCUT2D eigenvalue weighted by Crippen LogP contribution is -2.57. The second-order valence-corrected chi connectivity index (χ2v) is 11.4.